The first-order valence-electron chi connectivity index (χ1n) is 4.37. The van der Waals surface area contributed by atoms with E-state index in [1.54, 1.807) is 0 Å². The smallest absolute Gasteiger partial charge is 0.323 e. The van der Waals surface area contributed by atoms with E-state index in [0.29, 0.717) is 11.1 Å². The molecule has 5 heteroatoms. The Morgan fingerprint density at radius 2 is 2.27 bits per heavy atom. The van der Waals surface area contributed by atoms with Crippen LogP contribution in [-0.4, -0.2) is 28.4 Å². The first kappa shape index (κ1) is 9.64. The Hall–Kier alpha value is -1.91. The van der Waals surface area contributed by atoms with Crippen molar-refractivity contribution < 1.29 is 19.1 Å². The summed E-state index contributed by atoms with van der Waals surface area (Å²) >= 11 is 0. The number of aliphatic carboxylic acids is 1. The third kappa shape index (κ3) is 1.68. The van der Waals surface area contributed by atoms with Gasteiger partial charge in [0.1, 0.15) is 12.4 Å². The van der Waals surface area contributed by atoms with Gasteiger partial charge in [-0.15, -0.1) is 0 Å². The highest BCUT2D eigenvalue weighted by molar-refractivity contribution is 5.99. The van der Waals surface area contributed by atoms with Gasteiger partial charge in [0.05, 0.1) is 0 Å². The maximum absolute atomic E-state index is 12.8. The highest BCUT2D eigenvalue weighted by atomic mass is 19.1. The molecule has 0 atom stereocenters. The lowest BCUT2D eigenvalue weighted by atomic mass is 10.1. The topological polar surface area (TPSA) is 57.6 Å². The largest absolute Gasteiger partial charge is 0.480 e. The zero-order chi connectivity index (χ0) is 11.0. The van der Waals surface area contributed by atoms with Crippen LogP contribution in [0.1, 0.15) is 15.9 Å². The summed E-state index contributed by atoms with van der Waals surface area (Å²) in [6.45, 7) is -0.187. The fraction of sp³-hybridized carbons (Fsp3) is 0.200. The number of hydrogen-bond donors (Lipinski definition) is 1. The van der Waals surface area contributed by atoms with E-state index >= 15 is 0 Å². The van der Waals surface area contributed by atoms with Gasteiger partial charge >= 0.3 is 5.97 Å². The number of benzene rings is 1. The quantitative estimate of drug-likeness (QED) is 0.786. The van der Waals surface area contributed by atoms with Crippen molar-refractivity contribution in [2.75, 3.05) is 6.54 Å². The predicted octanol–water partition coefficient (Wildman–Crippen LogP) is 0.866. The molecular formula is C10H8FNO3. The third-order valence-electron chi connectivity index (χ3n) is 2.27. The molecule has 0 spiro atoms. The van der Waals surface area contributed by atoms with Crippen molar-refractivity contribution in [2.24, 2.45) is 0 Å². The molecule has 0 aliphatic carbocycles. The van der Waals surface area contributed by atoms with Crippen molar-refractivity contribution in [3.8, 4) is 0 Å². The minimum absolute atomic E-state index is 0.165. The van der Waals surface area contributed by atoms with Crippen LogP contribution < -0.4 is 0 Å². The van der Waals surface area contributed by atoms with Crippen LogP contribution in [0.25, 0.3) is 0 Å². The van der Waals surface area contributed by atoms with Gasteiger partial charge in [-0.1, -0.05) is 0 Å². The van der Waals surface area contributed by atoms with Gasteiger partial charge in [0.2, 0.25) is 0 Å². The molecule has 78 valence electrons. The number of amides is 1. The molecule has 4 nitrogen and oxygen atoms in total. The number of halogens is 1. The lowest BCUT2D eigenvalue weighted by molar-refractivity contribution is -0.137. The normalized spacial score (nSPS) is 14.2. The monoisotopic (exact) mass is 209 g/mol. The number of carboxylic acid groups (broad SMARTS) is 1. The Morgan fingerprint density at radius 3 is 2.93 bits per heavy atom. The zero-order valence-corrected chi connectivity index (χ0v) is 7.74. The van der Waals surface area contributed by atoms with Gasteiger partial charge in [-0.2, -0.15) is 0 Å². The maximum Gasteiger partial charge on any atom is 0.323 e. The molecule has 1 aromatic carbocycles. The second-order valence-electron chi connectivity index (χ2n) is 3.36. The molecule has 0 aromatic heterocycles. The zero-order valence-electron chi connectivity index (χ0n) is 7.74. The fourth-order valence-electron chi connectivity index (χ4n) is 1.64. The van der Waals surface area contributed by atoms with E-state index in [-0.39, 0.29) is 19.0 Å². The Kier molecular flexibility index (Phi) is 2.15. The van der Waals surface area contributed by atoms with Crippen LogP contribution in [-0.2, 0) is 11.3 Å². The van der Waals surface area contributed by atoms with Crippen molar-refractivity contribution in [3.63, 3.8) is 0 Å². The average Bonchev–Trinajstić information content (AvgIpc) is 2.42. The Morgan fingerprint density at radius 1 is 1.53 bits per heavy atom. The van der Waals surface area contributed by atoms with Crippen LogP contribution in [0, 0.1) is 5.82 Å². The van der Waals surface area contributed by atoms with E-state index in [1.807, 2.05) is 0 Å². The number of carbonyl (C=O) groups is 2. The van der Waals surface area contributed by atoms with Crippen LogP contribution >= 0.6 is 0 Å². The Labute approximate surface area is 84.9 Å². The number of rotatable bonds is 2. The average molecular weight is 209 g/mol. The molecule has 1 aliphatic heterocycles. The highest BCUT2D eigenvalue weighted by Gasteiger charge is 2.28. The fourth-order valence-corrected chi connectivity index (χ4v) is 1.64. The summed E-state index contributed by atoms with van der Waals surface area (Å²) in [5.74, 6) is -1.84. The summed E-state index contributed by atoms with van der Waals surface area (Å²) in [6, 6.07) is 3.84. The van der Waals surface area contributed by atoms with E-state index in [1.165, 1.54) is 23.1 Å². The van der Waals surface area contributed by atoms with Crippen molar-refractivity contribution in [3.05, 3.63) is 35.1 Å². The van der Waals surface area contributed by atoms with Crippen molar-refractivity contribution in [1.82, 2.24) is 4.90 Å². The van der Waals surface area contributed by atoms with Gasteiger partial charge in [-0.25, -0.2) is 4.39 Å². The number of hydrogen-bond acceptors (Lipinski definition) is 2. The molecule has 1 N–H and O–H groups in total. The standard InChI is InChI=1S/C10H8FNO3/c11-7-1-2-8-6(3-7)4-12(10(8)15)5-9(13)14/h1-3H,4-5H2,(H,13,14). The second-order valence-corrected chi connectivity index (χ2v) is 3.36. The summed E-state index contributed by atoms with van der Waals surface area (Å²) < 4.78 is 12.8. The van der Waals surface area contributed by atoms with Gasteiger partial charge in [0.25, 0.3) is 5.91 Å². The number of nitrogens with zero attached hydrogens (tertiary/aromatic N) is 1. The van der Waals surface area contributed by atoms with Crippen molar-refractivity contribution in [2.45, 2.75) is 6.54 Å². The van der Waals surface area contributed by atoms with E-state index in [4.69, 9.17) is 5.11 Å². The number of carboxylic acids is 1. The van der Waals surface area contributed by atoms with Gasteiger partial charge in [0.15, 0.2) is 0 Å². The van der Waals surface area contributed by atoms with Gasteiger partial charge < -0.3 is 10.0 Å². The maximum atomic E-state index is 12.8. The minimum Gasteiger partial charge on any atom is -0.480 e. The third-order valence-corrected chi connectivity index (χ3v) is 2.27. The molecule has 1 aromatic rings. The molecule has 0 unspecified atom stereocenters. The molecule has 1 heterocycles. The lowest BCUT2D eigenvalue weighted by Gasteiger charge is -2.11. The SMILES string of the molecule is O=C(O)CN1Cc2cc(F)ccc2C1=O. The molecule has 0 radical (unpaired) electrons. The second kappa shape index (κ2) is 3.34. The van der Waals surface area contributed by atoms with Gasteiger partial charge in [0, 0.05) is 12.1 Å². The first-order chi connectivity index (χ1) is 7.08. The Bertz CT molecular complexity index is 444. The molecule has 0 saturated heterocycles. The summed E-state index contributed by atoms with van der Waals surface area (Å²) in [6.07, 6.45) is 0. The van der Waals surface area contributed by atoms with E-state index in [0.717, 1.165) is 0 Å². The molecule has 15 heavy (non-hydrogen) atoms. The summed E-state index contributed by atoms with van der Waals surface area (Å²) in [5.41, 5.74) is 0.930. The molecule has 1 aliphatic rings. The van der Waals surface area contributed by atoms with Gasteiger partial charge in [-0.3, -0.25) is 9.59 Å². The molecule has 0 bridgehead atoms. The minimum atomic E-state index is -1.07. The van der Waals surface area contributed by atoms with E-state index in [2.05, 4.69) is 0 Å². The van der Waals surface area contributed by atoms with Gasteiger partial charge in [-0.05, 0) is 23.8 Å². The summed E-state index contributed by atoms with van der Waals surface area (Å²) in [5, 5.41) is 8.56. The molecule has 0 saturated carbocycles. The van der Waals surface area contributed by atoms with Crippen LogP contribution in [0.15, 0.2) is 18.2 Å². The van der Waals surface area contributed by atoms with E-state index < -0.39 is 11.8 Å². The van der Waals surface area contributed by atoms with Crippen LogP contribution in [0.3, 0.4) is 0 Å². The molecule has 1 amide bonds. The highest BCUT2D eigenvalue weighted by Crippen LogP contribution is 2.22. The lowest BCUT2D eigenvalue weighted by Crippen LogP contribution is -2.29. The summed E-state index contributed by atoms with van der Waals surface area (Å²) in [4.78, 5) is 23.2. The van der Waals surface area contributed by atoms with Crippen LogP contribution in [0.4, 0.5) is 4.39 Å². The van der Waals surface area contributed by atoms with Crippen molar-refractivity contribution >= 4 is 11.9 Å². The predicted molar refractivity (Wildman–Crippen MR) is 48.8 cm³/mol. The van der Waals surface area contributed by atoms with E-state index in [9.17, 15) is 14.0 Å². The van der Waals surface area contributed by atoms with Crippen LogP contribution in [0.2, 0.25) is 0 Å². The number of fused-ring (bicyclic) bond motifs is 1. The van der Waals surface area contributed by atoms with Crippen molar-refractivity contribution in [1.29, 1.82) is 0 Å². The first-order valence-corrected chi connectivity index (χ1v) is 4.37. The molecule has 0 fully saturated rings. The number of carbonyl (C=O) groups excluding carboxylic acids is 1. The summed E-state index contributed by atoms with van der Waals surface area (Å²) in [7, 11) is 0. The molecule has 2 rings (SSSR count). The Balaban J connectivity index is 2.29. The van der Waals surface area contributed by atoms with Crippen LogP contribution in [0.5, 0.6) is 0 Å². The molecular weight excluding hydrogens is 201 g/mol.